The molecular formula is C18H18ClNO4. The van der Waals surface area contributed by atoms with E-state index in [1.54, 1.807) is 43.4 Å². The van der Waals surface area contributed by atoms with Crippen LogP contribution in [0.1, 0.15) is 22.2 Å². The van der Waals surface area contributed by atoms with Crippen LogP contribution in [0.4, 0.5) is 0 Å². The van der Waals surface area contributed by atoms with Crippen LogP contribution in [-0.2, 0) is 9.47 Å². The predicted molar refractivity (Wildman–Crippen MR) is 90.3 cm³/mol. The number of rotatable bonds is 5. The first-order valence-electron chi connectivity index (χ1n) is 7.63. The number of amides is 1. The smallest absolute Gasteiger partial charge is 0.251 e. The molecule has 1 aliphatic rings. The summed E-state index contributed by atoms with van der Waals surface area (Å²) < 4.78 is 17.2. The average molecular weight is 348 g/mol. The Morgan fingerprint density at radius 3 is 2.83 bits per heavy atom. The minimum Gasteiger partial charge on any atom is -0.491 e. The number of halogens is 1. The Hall–Kier alpha value is -2.08. The largest absolute Gasteiger partial charge is 0.491 e. The lowest BCUT2D eigenvalue weighted by molar-refractivity contribution is -0.0659. The van der Waals surface area contributed by atoms with Crippen molar-refractivity contribution in [2.45, 2.75) is 12.4 Å². The van der Waals surface area contributed by atoms with Gasteiger partial charge >= 0.3 is 0 Å². The Morgan fingerprint density at radius 2 is 2.08 bits per heavy atom. The molecule has 1 fully saturated rings. The summed E-state index contributed by atoms with van der Waals surface area (Å²) in [4.78, 5) is 11.6. The summed E-state index contributed by atoms with van der Waals surface area (Å²) in [5.41, 5.74) is 1.47. The zero-order chi connectivity index (χ0) is 16.9. The van der Waals surface area contributed by atoms with Crippen molar-refractivity contribution in [3.05, 3.63) is 64.7 Å². The highest BCUT2D eigenvalue weighted by atomic mass is 35.5. The fourth-order valence-electron chi connectivity index (χ4n) is 2.39. The third kappa shape index (κ3) is 4.06. The molecule has 0 unspecified atom stereocenters. The molecule has 3 rings (SSSR count). The summed E-state index contributed by atoms with van der Waals surface area (Å²) >= 11 is 5.88. The molecule has 0 saturated carbocycles. The quantitative estimate of drug-likeness (QED) is 0.902. The number of nitrogens with one attached hydrogen (secondary N) is 1. The van der Waals surface area contributed by atoms with E-state index in [1.807, 2.05) is 12.1 Å². The zero-order valence-corrected chi connectivity index (χ0v) is 14.0. The second-order valence-electron chi connectivity index (χ2n) is 5.39. The van der Waals surface area contributed by atoms with Gasteiger partial charge in [-0.3, -0.25) is 4.79 Å². The number of hydrogen-bond donors (Lipinski definition) is 1. The normalized spacial score (nSPS) is 19.9. The highest BCUT2D eigenvalue weighted by Gasteiger charge is 2.27. The van der Waals surface area contributed by atoms with Crippen LogP contribution >= 0.6 is 11.6 Å². The predicted octanol–water partition coefficient (Wildman–Crippen LogP) is 3.19. The van der Waals surface area contributed by atoms with Gasteiger partial charge in [-0.25, -0.2) is 0 Å². The fraction of sp³-hybridized carbons (Fsp3) is 0.278. The van der Waals surface area contributed by atoms with E-state index >= 15 is 0 Å². The van der Waals surface area contributed by atoms with E-state index in [2.05, 4.69) is 5.32 Å². The second kappa shape index (κ2) is 7.66. The van der Waals surface area contributed by atoms with E-state index in [0.717, 1.165) is 5.56 Å². The van der Waals surface area contributed by atoms with Gasteiger partial charge in [-0.2, -0.15) is 0 Å². The lowest BCUT2D eigenvalue weighted by atomic mass is 10.2. The maximum absolute atomic E-state index is 11.6. The Kier molecular flexibility index (Phi) is 5.35. The molecular weight excluding hydrogens is 330 g/mol. The molecule has 1 saturated heterocycles. The molecule has 2 atom stereocenters. The highest BCUT2D eigenvalue weighted by Crippen LogP contribution is 2.28. The van der Waals surface area contributed by atoms with Crippen molar-refractivity contribution >= 4 is 17.5 Å². The topological polar surface area (TPSA) is 56.8 Å². The SMILES string of the molecule is CNC(=O)c1cccc(OC[C@H]2CO[C@@H](c3ccc(Cl)cc3)O2)c1. The number of carbonyl (C=O) groups is 1. The van der Waals surface area contributed by atoms with E-state index in [9.17, 15) is 4.79 Å². The molecule has 2 aromatic rings. The molecule has 0 aliphatic carbocycles. The molecule has 0 bridgehead atoms. The lowest BCUT2D eigenvalue weighted by Gasteiger charge is -2.13. The number of carbonyl (C=O) groups excluding carboxylic acids is 1. The summed E-state index contributed by atoms with van der Waals surface area (Å²) in [5.74, 6) is 0.471. The molecule has 126 valence electrons. The maximum Gasteiger partial charge on any atom is 0.251 e. The molecule has 0 aromatic heterocycles. The van der Waals surface area contributed by atoms with Gasteiger partial charge in [-0.1, -0.05) is 29.8 Å². The van der Waals surface area contributed by atoms with Gasteiger partial charge in [0, 0.05) is 23.2 Å². The minimum absolute atomic E-state index is 0.149. The van der Waals surface area contributed by atoms with E-state index in [4.69, 9.17) is 25.8 Å². The Labute approximate surface area is 145 Å². The van der Waals surface area contributed by atoms with Gasteiger partial charge in [-0.15, -0.1) is 0 Å². The van der Waals surface area contributed by atoms with Crippen LogP contribution < -0.4 is 10.1 Å². The first-order valence-corrected chi connectivity index (χ1v) is 8.01. The van der Waals surface area contributed by atoms with Gasteiger partial charge in [0.2, 0.25) is 0 Å². The van der Waals surface area contributed by atoms with Crippen molar-refractivity contribution in [3.63, 3.8) is 0 Å². The summed E-state index contributed by atoms with van der Waals surface area (Å²) in [7, 11) is 1.59. The number of ether oxygens (including phenoxy) is 3. The van der Waals surface area contributed by atoms with E-state index < -0.39 is 6.29 Å². The second-order valence-corrected chi connectivity index (χ2v) is 5.83. The van der Waals surface area contributed by atoms with Gasteiger partial charge in [0.05, 0.1) is 6.61 Å². The Morgan fingerprint density at radius 1 is 1.29 bits per heavy atom. The van der Waals surface area contributed by atoms with E-state index in [-0.39, 0.29) is 12.0 Å². The van der Waals surface area contributed by atoms with Gasteiger partial charge in [0.15, 0.2) is 6.29 Å². The Balaban J connectivity index is 1.54. The molecule has 1 N–H and O–H groups in total. The van der Waals surface area contributed by atoms with Crippen LogP contribution in [-0.4, -0.2) is 32.3 Å². The summed E-state index contributed by atoms with van der Waals surface area (Å²) in [6.07, 6.45) is -0.581. The van der Waals surface area contributed by atoms with Crippen molar-refractivity contribution < 1.29 is 19.0 Å². The number of hydrogen-bond acceptors (Lipinski definition) is 4. The van der Waals surface area contributed by atoms with Gasteiger partial charge in [0.25, 0.3) is 5.91 Å². The van der Waals surface area contributed by atoms with Gasteiger partial charge < -0.3 is 19.5 Å². The van der Waals surface area contributed by atoms with E-state index in [1.165, 1.54) is 0 Å². The zero-order valence-electron chi connectivity index (χ0n) is 13.2. The maximum atomic E-state index is 11.6. The molecule has 5 nitrogen and oxygen atoms in total. The minimum atomic E-state index is -0.409. The van der Waals surface area contributed by atoms with Crippen LogP contribution in [0.25, 0.3) is 0 Å². The van der Waals surface area contributed by atoms with E-state index in [0.29, 0.717) is 29.5 Å². The van der Waals surface area contributed by atoms with Crippen molar-refractivity contribution in [2.24, 2.45) is 0 Å². The van der Waals surface area contributed by atoms with Crippen LogP contribution in [0.2, 0.25) is 5.02 Å². The van der Waals surface area contributed by atoms with Crippen molar-refractivity contribution in [2.75, 3.05) is 20.3 Å². The van der Waals surface area contributed by atoms with Crippen LogP contribution in [0.15, 0.2) is 48.5 Å². The fourth-order valence-corrected chi connectivity index (χ4v) is 2.52. The molecule has 1 heterocycles. The van der Waals surface area contributed by atoms with Gasteiger partial charge in [0.1, 0.15) is 18.5 Å². The first-order chi connectivity index (χ1) is 11.7. The molecule has 1 amide bonds. The van der Waals surface area contributed by atoms with Crippen molar-refractivity contribution in [1.29, 1.82) is 0 Å². The monoisotopic (exact) mass is 347 g/mol. The molecule has 6 heteroatoms. The molecule has 24 heavy (non-hydrogen) atoms. The standard InChI is InChI=1S/C18H18ClNO4/c1-20-17(21)13-3-2-4-15(9-13)22-10-16-11-23-18(24-16)12-5-7-14(19)8-6-12/h2-9,16,18H,10-11H2,1H3,(H,20,21)/t16-,18+/m0/s1. The summed E-state index contributed by atoms with van der Waals surface area (Å²) in [6, 6.07) is 14.4. The third-order valence-electron chi connectivity index (χ3n) is 3.65. The van der Waals surface area contributed by atoms with Crippen LogP contribution in [0.5, 0.6) is 5.75 Å². The average Bonchev–Trinajstić information content (AvgIpc) is 3.09. The van der Waals surface area contributed by atoms with Crippen molar-refractivity contribution in [1.82, 2.24) is 5.32 Å². The van der Waals surface area contributed by atoms with Crippen LogP contribution in [0.3, 0.4) is 0 Å². The molecule has 1 aliphatic heterocycles. The first kappa shape index (κ1) is 16.8. The van der Waals surface area contributed by atoms with Gasteiger partial charge in [-0.05, 0) is 30.3 Å². The van der Waals surface area contributed by atoms with Crippen LogP contribution in [0, 0.1) is 0 Å². The van der Waals surface area contributed by atoms with Crippen molar-refractivity contribution in [3.8, 4) is 5.75 Å². The molecule has 2 aromatic carbocycles. The highest BCUT2D eigenvalue weighted by molar-refractivity contribution is 6.30. The molecule has 0 spiro atoms. The lowest BCUT2D eigenvalue weighted by Crippen LogP contribution is -2.20. The number of benzene rings is 2. The molecule has 0 radical (unpaired) electrons. The summed E-state index contributed by atoms with van der Waals surface area (Å²) in [5, 5.41) is 3.26. The Bertz CT molecular complexity index is 704. The summed E-state index contributed by atoms with van der Waals surface area (Å²) in [6.45, 7) is 0.795. The third-order valence-corrected chi connectivity index (χ3v) is 3.90.